The number of hydrogen-bond donors (Lipinski definition) is 3. The number of aliphatic carboxylic acids is 1. The minimum absolute atomic E-state index is 0.0138. The van der Waals surface area contributed by atoms with Crippen LogP contribution >= 0.6 is 0 Å². The van der Waals surface area contributed by atoms with Crippen molar-refractivity contribution in [3.05, 3.63) is 57.1 Å². The van der Waals surface area contributed by atoms with Crippen molar-refractivity contribution in [1.82, 2.24) is 14.9 Å². The molecular weight excluding hydrogens is 400 g/mol. The Hall–Kier alpha value is -3.30. The standard InChI is InChI=1S/C20H21F2N3O5/c21-13-7-6-12(14(22)8-13)10-25-17(11-4-2-1-3-5-11)24-19(29)16(20(25)30)18(28)23-9-15(26)27/h6-8,11,29H,1-5,9-10H2,(H,23,28)(H,26,27). The summed E-state index contributed by atoms with van der Waals surface area (Å²) in [6.07, 6.45) is 4.24. The van der Waals surface area contributed by atoms with E-state index < -0.39 is 47.1 Å². The van der Waals surface area contributed by atoms with E-state index in [1.165, 1.54) is 6.07 Å². The molecule has 3 rings (SSSR count). The summed E-state index contributed by atoms with van der Waals surface area (Å²) in [4.78, 5) is 40.1. The van der Waals surface area contributed by atoms with E-state index in [-0.39, 0.29) is 23.9 Å². The summed E-state index contributed by atoms with van der Waals surface area (Å²) in [7, 11) is 0. The van der Waals surface area contributed by atoms with Crippen LogP contribution in [0.4, 0.5) is 8.78 Å². The minimum atomic E-state index is -1.33. The van der Waals surface area contributed by atoms with Gasteiger partial charge in [0.2, 0.25) is 5.88 Å². The van der Waals surface area contributed by atoms with Gasteiger partial charge in [-0.25, -0.2) is 8.78 Å². The summed E-state index contributed by atoms with van der Waals surface area (Å²) in [5, 5.41) is 21.0. The van der Waals surface area contributed by atoms with Gasteiger partial charge in [0.1, 0.15) is 24.0 Å². The zero-order valence-electron chi connectivity index (χ0n) is 16.0. The van der Waals surface area contributed by atoms with Gasteiger partial charge in [-0.3, -0.25) is 19.0 Å². The molecule has 1 aliphatic rings. The number of aromatic hydroxyl groups is 1. The van der Waals surface area contributed by atoms with Crippen molar-refractivity contribution in [2.45, 2.75) is 44.6 Å². The molecule has 1 aliphatic carbocycles. The van der Waals surface area contributed by atoms with Crippen LogP contribution in [0.1, 0.15) is 59.8 Å². The van der Waals surface area contributed by atoms with Gasteiger partial charge < -0.3 is 15.5 Å². The van der Waals surface area contributed by atoms with Crippen LogP contribution in [0.5, 0.6) is 5.88 Å². The number of amides is 1. The number of aromatic nitrogens is 2. The molecule has 1 fully saturated rings. The summed E-state index contributed by atoms with van der Waals surface area (Å²) in [5.41, 5.74) is -1.63. The van der Waals surface area contributed by atoms with Crippen LogP contribution in [0.3, 0.4) is 0 Å². The van der Waals surface area contributed by atoms with Crippen LogP contribution in [-0.4, -0.2) is 38.2 Å². The molecule has 0 radical (unpaired) electrons. The van der Waals surface area contributed by atoms with Gasteiger partial charge in [-0.15, -0.1) is 0 Å². The fourth-order valence-electron chi connectivity index (χ4n) is 3.65. The van der Waals surface area contributed by atoms with Crippen molar-refractivity contribution in [2.24, 2.45) is 0 Å². The molecule has 0 aliphatic heterocycles. The van der Waals surface area contributed by atoms with Gasteiger partial charge in [0.15, 0.2) is 5.56 Å². The molecule has 0 unspecified atom stereocenters. The highest BCUT2D eigenvalue weighted by molar-refractivity contribution is 5.97. The zero-order valence-corrected chi connectivity index (χ0v) is 16.0. The summed E-state index contributed by atoms with van der Waals surface area (Å²) in [5.74, 6) is -4.82. The monoisotopic (exact) mass is 421 g/mol. The Balaban J connectivity index is 2.09. The number of rotatable bonds is 6. The second-order valence-electron chi connectivity index (χ2n) is 7.21. The van der Waals surface area contributed by atoms with E-state index in [0.717, 1.165) is 29.9 Å². The Morgan fingerprint density at radius 2 is 1.90 bits per heavy atom. The molecule has 0 saturated heterocycles. The van der Waals surface area contributed by atoms with E-state index in [1.54, 1.807) is 0 Å². The normalized spacial score (nSPS) is 14.5. The van der Waals surface area contributed by atoms with Gasteiger partial charge in [0.05, 0.1) is 6.54 Å². The fraction of sp³-hybridized carbons (Fsp3) is 0.400. The van der Waals surface area contributed by atoms with Crippen LogP contribution in [0.2, 0.25) is 0 Å². The number of carbonyl (C=O) groups excluding carboxylic acids is 1. The van der Waals surface area contributed by atoms with Crippen molar-refractivity contribution < 1.29 is 28.6 Å². The maximum atomic E-state index is 14.2. The molecule has 30 heavy (non-hydrogen) atoms. The third-order valence-electron chi connectivity index (χ3n) is 5.12. The first-order valence-corrected chi connectivity index (χ1v) is 9.55. The van der Waals surface area contributed by atoms with E-state index in [1.807, 2.05) is 5.32 Å². The third-order valence-corrected chi connectivity index (χ3v) is 5.12. The molecule has 8 nitrogen and oxygen atoms in total. The first-order valence-electron chi connectivity index (χ1n) is 9.55. The van der Waals surface area contributed by atoms with Crippen molar-refractivity contribution >= 4 is 11.9 Å². The lowest BCUT2D eigenvalue weighted by molar-refractivity contribution is -0.135. The number of hydrogen-bond acceptors (Lipinski definition) is 5. The molecule has 1 saturated carbocycles. The second-order valence-corrected chi connectivity index (χ2v) is 7.21. The Labute approximate surface area is 170 Å². The zero-order chi connectivity index (χ0) is 21.8. The van der Waals surface area contributed by atoms with Gasteiger partial charge in [0.25, 0.3) is 11.5 Å². The van der Waals surface area contributed by atoms with Gasteiger partial charge in [-0.05, 0) is 18.9 Å². The minimum Gasteiger partial charge on any atom is -0.493 e. The van der Waals surface area contributed by atoms with Crippen molar-refractivity contribution in [3.63, 3.8) is 0 Å². The first kappa shape index (κ1) is 21.4. The Morgan fingerprint density at radius 3 is 2.53 bits per heavy atom. The average molecular weight is 421 g/mol. The quantitative estimate of drug-likeness (QED) is 0.657. The molecule has 1 heterocycles. The lowest BCUT2D eigenvalue weighted by atomic mass is 9.88. The summed E-state index contributed by atoms with van der Waals surface area (Å²) in [6, 6.07) is 2.94. The van der Waals surface area contributed by atoms with Crippen LogP contribution < -0.4 is 10.9 Å². The molecule has 1 aromatic heterocycles. The topological polar surface area (TPSA) is 122 Å². The molecule has 0 atom stereocenters. The maximum Gasteiger partial charge on any atom is 0.322 e. The molecule has 1 aromatic carbocycles. The lowest BCUT2D eigenvalue weighted by Crippen LogP contribution is -2.38. The SMILES string of the molecule is O=C(O)CNC(=O)c1c(O)nc(C2CCCCC2)n(Cc2ccc(F)cc2F)c1=O. The van der Waals surface area contributed by atoms with Crippen molar-refractivity contribution in [2.75, 3.05) is 6.54 Å². The predicted molar refractivity (Wildman–Crippen MR) is 101 cm³/mol. The maximum absolute atomic E-state index is 14.2. The summed E-state index contributed by atoms with van der Waals surface area (Å²) in [6.45, 7) is -1.07. The van der Waals surface area contributed by atoms with E-state index in [2.05, 4.69) is 4.98 Å². The number of nitrogens with one attached hydrogen (secondary N) is 1. The molecule has 2 aromatic rings. The molecular formula is C20H21F2N3O5. The molecule has 10 heteroatoms. The lowest BCUT2D eigenvalue weighted by Gasteiger charge is -2.25. The fourth-order valence-corrected chi connectivity index (χ4v) is 3.65. The number of nitrogens with zero attached hydrogens (tertiary/aromatic N) is 2. The third kappa shape index (κ3) is 4.64. The van der Waals surface area contributed by atoms with Crippen LogP contribution in [0.15, 0.2) is 23.0 Å². The van der Waals surface area contributed by atoms with Gasteiger partial charge in [0, 0.05) is 17.5 Å². The highest BCUT2D eigenvalue weighted by atomic mass is 19.1. The number of benzene rings is 1. The Bertz CT molecular complexity index is 1030. The molecule has 160 valence electrons. The Kier molecular flexibility index (Phi) is 6.43. The van der Waals surface area contributed by atoms with E-state index >= 15 is 0 Å². The highest BCUT2D eigenvalue weighted by Gasteiger charge is 2.27. The van der Waals surface area contributed by atoms with E-state index in [0.29, 0.717) is 18.9 Å². The van der Waals surface area contributed by atoms with Crippen LogP contribution in [0.25, 0.3) is 0 Å². The Morgan fingerprint density at radius 1 is 1.20 bits per heavy atom. The summed E-state index contributed by atoms with van der Waals surface area (Å²) < 4.78 is 28.6. The number of halogens is 2. The molecule has 3 N–H and O–H groups in total. The van der Waals surface area contributed by atoms with Gasteiger partial charge >= 0.3 is 5.97 Å². The predicted octanol–water partition coefficient (Wildman–Crippen LogP) is 2.14. The van der Waals surface area contributed by atoms with Crippen LogP contribution in [0, 0.1) is 11.6 Å². The highest BCUT2D eigenvalue weighted by Crippen LogP contribution is 2.32. The van der Waals surface area contributed by atoms with Crippen molar-refractivity contribution in [1.29, 1.82) is 0 Å². The van der Waals surface area contributed by atoms with Crippen LogP contribution in [-0.2, 0) is 11.3 Å². The molecule has 0 bridgehead atoms. The number of carboxylic acid groups (broad SMARTS) is 1. The molecule has 1 amide bonds. The number of carbonyl (C=O) groups is 2. The smallest absolute Gasteiger partial charge is 0.322 e. The van der Waals surface area contributed by atoms with Gasteiger partial charge in [-0.1, -0.05) is 25.3 Å². The summed E-state index contributed by atoms with van der Waals surface area (Å²) >= 11 is 0. The largest absolute Gasteiger partial charge is 0.493 e. The van der Waals surface area contributed by atoms with Crippen molar-refractivity contribution in [3.8, 4) is 5.88 Å². The second kappa shape index (κ2) is 9.02. The number of carboxylic acids is 1. The first-order chi connectivity index (χ1) is 14.3. The van der Waals surface area contributed by atoms with Gasteiger partial charge in [-0.2, -0.15) is 4.98 Å². The van der Waals surface area contributed by atoms with E-state index in [9.17, 15) is 28.3 Å². The molecule has 0 spiro atoms. The van der Waals surface area contributed by atoms with E-state index in [4.69, 9.17) is 5.11 Å². The average Bonchev–Trinajstić information content (AvgIpc) is 2.70.